The molecule has 0 radical (unpaired) electrons. The maximum atomic E-state index is 12.0. The minimum absolute atomic E-state index is 0.360. The molecular weight excluding hydrogens is 230 g/mol. The molecule has 1 aromatic rings. The van der Waals surface area contributed by atoms with Crippen molar-refractivity contribution in [2.24, 2.45) is 5.92 Å². The van der Waals surface area contributed by atoms with Gasteiger partial charge in [0.25, 0.3) is 0 Å². The lowest BCUT2D eigenvalue weighted by atomic mass is 10.0. The Bertz CT molecular complexity index is 341. The number of ketones is 1. The molecule has 2 rings (SSSR count). The molecule has 1 fully saturated rings. The van der Waals surface area contributed by atoms with Crippen LogP contribution in [0, 0.1) is 5.92 Å². The lowest BCUT2D eigenvalue weighted by molar-refractivity contribution is -0.123. The topological polar surface area (TPSA) is 20.3 Å². The van der Waals surface area contributed by atoms with E-state index in [-0.39, 0.29) is 0 Å². The number of nitrogens with zero attached hydrogens (tertiary/aromatic N) is 1. The third-order valence-electron chi connectivity index (χ3n) is 3.56. The molecule has 1 aliphatic rings. The van der Waals surface area contributed by atoms with Crippen LogP contribution >= 0.6 is 11.3 Å². The van der Waals surface area contributed by atoms with Gasteiger partial charge < -0.3 is 0 Å². The summed E-state index contributed by atoms with van der Waals surface area (Å²) in [7, 11) is 2.06. The molecule has 0 amide bonds. The van der Waals surface area contributed by atoms with Gasteiger partial charge in [-0.2, -0.15) is 0 Å². The number of carbonyl (C=O) groups is 1. The number of likely N-dealkylation sites (N-methyl/N-ethyl adjacent to an activating group) is 1. The van der Waals surface area contributed by atoms with Crippen LogP contribution < -0.4 is 0 Å². The van der Waals surface area contributed by atoms with Crippen molar-refractivity contribution in [2.75, 3.05) is 20.1 Å². The predicted octanol–water partition coefficient (Wildman–Crippen LogP) is 2.98. The first-order chi connectivity index (χ1) is 8.25. The van der Waals surface area contributed by atoms with Gasteiger partial charge in [-0.1, -0.05) is 18.9 Å². The van der Waals surface area contributed by atoms with E-state index in [0.29, 0.717) is 18.2 Å². The van der Waals surface area contributed by atoms with Crippen molar-refractivity contribution in [3.05, 3.63) is 22.4 Å². The van der Waals surface area contributed by atoms with E-state index < -0.39 is 0 Å². The van der Waals surface area contributed by atoms with Gasteiger partial charge in [0.1, 0.15) is 5.78 Å². The Balaban J connectivity index is 1.69. The number of thiophene rings is 1. The van der Waals surface area contributed by atoms with Crippen molar-refractivity contribution in [1.29, 1.82) is 0 Å². The second-order valence-corrected chi connectivity index (χ2v) is 6.05. The first kappa shape index (κ1) is 12.8. The lowest BCUT2D eigenvalue weighted by Crippen LogP contribution is -2.30. The molecule has 0 spiro atoms. The molecule has 1 aliphatic carbocycles. The fourth-order valence-electron chi connectivity index (χ4n) is 2.48. The van der Waals surface area contributed by atoms with Crippen molar-refractivity contribution < 1.29 is 4.79 Å². The monoisotopic (exact) mass is 251 g/mol. The smallest absolute Gasteiger partial charge is 0.149 e. The van der Waals surface area contributed by atoms with Crippen LogP contribution in [0.1, 0.15) is 30.6 Å². The van der Waals surface area contributed by atoms with E-state index in [4.69, 9.17) is 0 Å². The van der Waals surface area contributed by atoms with Crippen LogP contribution in [0.4, 0.5) is 0 Å². The Morgan fingerprint density at radius 3 is 2.88 bits per heavy atom. The van der Waals surface area contributed by atoms with Gasteiger partial charge in [-0.3, -0.25) is 9.69 Å². The van der Waals surface area contributed by atoms with Gasteiger partial charge in [-0.05, 0) is 37.8 Å². The number of Topliss-reactive ketones (excluding diaryl/α,β-unsaturated/α-hetero) is 1. The maximum Gasteiger partial charge on any atom is 0.149 e. The number of carbonyl (C=O) groups excluding carboxylic acids is 1. The molecule has 2 nitrogen and oxygen atoms in total. The summed E-state index contributed by atoms with van der Waals surface area (Å²) in [5.74, 6) is 0.815. The molecule has 1 aromatic heterocycles. The van der Waals surface area contributed by atoms with Crippen LogP contribution in [0.25, 0.3) is 0 Å². The normalized spacial score (nSPS) is 16.8. The molecule has 1 heterocycles. The predicted molar refractivity (Wildman–Crippen MR) is 72.5 cm³/mol. The van der Waals surface area contributed by atoms with Gasteiger partial charge in [-0.25, -0.2) is 0 Å². The highest BCUT2D eigenvalue weighted by Crippen LogP contribution is 2.25. The highest BCUT2D eigenvalue weighted by Gasteiger charge is 2.23. The SMILES string of the molecule is CN(CCc1cccs1)CC(=O)C1CCCC1. The van der Waals surface area contributed by atoms with Crippen molar-refractivity contribution in [3.63, 3.8) is 0 Å². The summed E-state index contributed by atoms with van der Waals surface area (Å²) < 4.78 is 0. The summed E-state index contributed by atoms with van der Waals surface area (Å²) in [5, 5.41) is 2.11. The summed E-state index contributed by atoms with van der Waals surface area (Å²) >= 11 is 1.80. The summed E-state index contributed by atoms with van der Waals surface area (Å²) in [6.07, 6.45) is 5.80. The van der Waals surface area contributed by atoms with Crippen LogP contribution in [0.5, 0.6) is 0 Å². The summed E-state index contributed by atoms with van der Waals surface area (Å²) in [6, 6.07) is 4.25. The molecule has 0 saturated heterocycles. The van der Waals surface area contributed by atoms with Crippen LogP contribution in [0.3, 0.4) is 0 Å². The zero-order valence-corrected chi connectivity index (χ0v) is 11.3. The van der Waals surface area contributed by atoms with E-state index in [1.807, 2.05) is 0 Å². The van der Waals surface area contributed by atoms with Crippen molar-refractivity contribution in [3.8, 4) is 0 Å². The first-order valence-corrected chi connectivity index (χ1v) is 7.37. The maximum absolute atomic E-state index is 12.0. The van der Waals surface area contributed by atoms with Gasteiger partial charge in [-0.15, -0.1) is 11.3 Å². The fraction of sp³-hybridized carbons (Fsp3) is 0.643. The van der Waals surface area contributed by atoms with Crippen molar-refractivity contribution >= 4 is 17.1 Å². The minimum atomic E-state index is 0.360. The molecule has 0 bridgehead atoms. The Hall–Kier alpha value is -0.670. The summed E-state index contributed by atoms with van der Waals surface area (Å²) in [5.41, 5.74) is 0. The number of hydrogen-bond donors (Lipinski definition) is 0. The number of rotatable bonds is 6. The van der Waals surface area contributed by atoms with E-state index in [9.17, 15) is 4.79 Å². The first-order valence-electron chi connectivity index (χ1n) is 6.49. The van der Waals surface area contributed by atoms with Crippen LogP contribution in [0.2, 0.25) is 0 Å². The molecule has 3 heteroatoms. The largest absolute Gasteiger partial charge is 0.299 e. The van der Waals surface area contributed by atoms with E-state index >= 15 is 0 Å². The van der Waals surface area contributed by atoms with Gasteiger partial charge in [0.05, 0.1) is 6.54 Å². The summed E-state index contributed by atoms with van der Waals surface area (Å²) in [4.78, 5) is 15.6. The van der Waals surface area contributed by atoms with Crippen molar-refractivity contribution in [2.45, 2.75) is 32.1 Å². The molecule has 1 saturated carbocycles. The quantitative estimate of drug-likeness (QED) is 0.774. The standard InChI is InChI=1S/C14H21NOS/c1-15(9-8-13-7-4-10-17-13)11-14(16)12-5-2-3-6-12/h4,7,10,12H,2-3,5-6,8-9,11H2,1H3. The van der Waals surface area contributed by atoms with Crippen molar-refractivity contribution in [1.82, 2.24) is 4.90 Å². The Morgan fingerprint density at radius 2 is 2.24 bits per heavy atom. The van der Waals surface area contributed by atoms with Crippen LogP contribution in [-0.4, -0.2) is 30.8 Å². The van der Waals surface area contributed by atoms with Crippen LogP contribution in [-0.2, 0) is 11.2 Å². The summed E-state index contributed by atoms with van der Waals surface area (Å²) in [6.45, 7) is 1.62. The molecule has 94 valence electrons. The Labute approximate surface area is 108 Å². The fourth-order valence-corrected chi connectivity index (χ4v) is 3.18. The third kappa shape index (κ3) is 3.93. The zero-order chi connectivity index (χ0) is 12.1. The van der Waals surface area contributed by atoms with E-state index in [1.54, 1.807) is 11.3 Å². The van der Waals surface area contributed by atoms with E-state index in [2.05, 4.69) is 29.5 Å². The van der Waals surface area contributed by atoms with Gasteiger partial charge in [0, 0.05) is 17.3 Å². The molecular formula is C14H21NOS. The molecule has 0 atom stereocenters. The van der Waals surface area contributed by atoms with Crippen LogP contribution in [0.15, 0.2) is 17.5 Å². The lowest BCUT2D eigenvalue weighted by Gasteiger charge is -2.17. The average molecular weight is 251 g/mol. The molecule has 0 unspecified atom stereocenters. The van der Waals surface area contributed by atoms with E-state index in [1.165, 1.54) is 17.7 Å². The third-order valence-corrected chi connectivity index (χ3v) is 4.49. The highest BCUT2D eigenvalue weighted by atomic mass is 32.1. The molecule has 0 aliphatic heterocycles. The Kier molecular flexibility index (Phi) is 4.75. The van der Waals surface area contributed by atoms with Gasteiger partial charge in [0.2, 0.25) is 0 Å². The highest BCUT2D eigenvalue weighted by molar-refractivity contribution is 7.09. The Morgan fingerprint density at radius 1 is 1.47 bits per heavy atom. The van der Waals surface area contributed by atoms with Gasteiger partial charge in [0.15, 0.2) is 0 Å². The second kappa shape index (κ2) is 6.31. The zero-order valence-electron chi connectivity index (χ0n) is 10.5. The molecule has 17 heavy (non-hydrogen) atoms. The second-order valence-electron chi connectivity index (χ2n) is 5.01. The molecule has 0 aromatic carbocycles. The average Bonchev–Trinajstić information content (AvgIpc) is 2.99. The number of hydrogen-bond acceptors (Lipinski definition) is 3. The van der Waals surface area contributed by atoms with Gasteiger partial charge >= 0.3 is 0 Å². The van der Waals surface area contributed by atoms with E-state index in [0.717, 1.165) is 25.8 Å². The minimum Gasteiger partial charge on any atom is -0.299 e. The molecule has 0 N–H and O–H groups in total.